The van der Waals surface area contributed by atoms with Gasteiger partial charge >= 0.3 is 0 Å². The molecule has 1 aromatic heterocycles. The molecule has 1 fully saturated rings. The molecular weight excluding hydrogens is 356 g/mol. The molecule has 2 N–H and O–H groups in total. The van der Waals surface area contributed by atoms with Gasteiger partial charge in [0, 0.05) is 25.5 Å². The van der Waals surface area contributed by atoms with Gasteiger partial charge in [0.1, 0.15) is 0 Å². The highest BCUT2D eigenvalue weighted by atomic mass is 32.2. The fourth-order valence-corrected chi connectivity index (χ4v) is 3.47. The quantitative estimate of drug-likeness (QED) is 0.790. The second-order valence-corrected chi connectivity index (χ2v) is 7.74. The van der Waals surface area contributed by atoms with Gasteiger partial charge in [-0.2, -0.15) is 0 Å². The summed E-state index contributed by atoms with van der Waals surface area (Å²) in [5.74, 6) is -0.422. The number of nitrogens with one attached hydrogen (secondary N) is 2. The van der Waals surface area contributed by atoms with Crippen LogP contribution in [0.1, 0.15) is 28.8 Å². The zero-order chi connectivity index (χ0) is 18.6. The highest BCUT2D eigenvalue weighted by Gasteiger charge is 2.18. The second-order valence-electron chi connectivity index (χ2n) is 6.06. The summed E-state index contributed by atoms with van der Waals surface area (Å²) in [6.07, 6.45) is 4.53. The number of aryl methyl sites for hydroxylation is 1. The van der Waals surface area contributed by atoms with E-state index in [0.717, 1.165) is 25.0 Å². The molecule has 1 aromatic carbocycles. The standard InChI is InChI=1S/C17H20N4O4S/c1-12-4-6-15(7-5-12)26(23,24)21-17-19-9-13(10-20-17)16(22)18-11-14-3-2-8-25-14/h4-7,9-10,14H,2-3,8,11H2,1H3,(H,18,22)(H,19,20,21)/t14-/m1/s1. The van der Waals surface area contributed by atoms with Crippen LogP contribution in [-0.2, 0) is 14.8 Å². The number of nitrogens with zero attached hydrogens (tertiary/aromatic N) is 2. The molecular formula is C17H20N4O4S. The minimum atomic E-state index is -3.78. The van der Waals surface area contributed by atoms with Gasteiger partial charge in [0.15, 0.2) is 0 Å². The molecule has 2 heterocycles. The zero-order valence-corrected chi connectivity index (χ0v) is 15.1. The first-order valence-electron chi connectivity index (χ1n) is 8.25. The first kappa shape index (κ1) is 18.3. The third-order valence-corrected chi connectivity index (χ3v) is 5.33. The Labute approximate surface area is 152 Å². The lowest BCUT2D eigenvalue weighted by atomic mass is 10.2. The van der Waals surface area contributed by atoms with Crippen molar-refractivity contribution in [1.82, 2.24) is 15.3 Å². The van der Waals surface area contributed by atoms with E-state index in [4.69, 9.17) is 4.74 Å². The summed E-state index contributed by atoms with van der Waals surface area (Å²) in [5, 5.41) is 2.76. The van der Waals surface area contributed by atoms with Crippen molar-refractivity contribution in [1.29, 1.82) is 0 Å². The van der Waals surface area contributed by atoms with Crippen molar-refractivity contribution in [3.63, 3.8) is 0 Å². The number of aromatic nitrogens is 2. The number of sulfonamides is 1. The van der Waals surface area contributed by atoms with E-state index in [9.17, 15) is 13.2 Å². The highest BCUT2D eigenvalue weighted by molar-refractivity contribution is 7.92. The molecule has 138 valence electrons. The van der Waals surface area contributed by atoms with Crippen LogP contribution in [0.5, 0.6) is 0 Å². The maximum Gasteiger partial charge on any atom is 0.264 e. The maximum absolute atomic E-state index is 12.3. The summed E-state index contributed by atoms with van der Waals surface area (Å²) in [5.41, 5.74) is 1.21. The molecule has 0 aliphatic carbocycles. The van der Waals surface area contributed by atoms with Crippen molar-refractivity contribution in [2.45, 2.75) is 30.8 Å². The summed E-state index contributed by atoms with van der Waals surface area (Å²) >= 11 is 0. The van der Waals surface area contributed by atoms with Crippen molar-refractivity contribution in [2.75, 3.05) is 17.9 Å². The van der Waals surface area contributed by atoms with E-state index >= 15 is 0 Å². The van der Waals surface area contributed by atoms with Crippen LogP contribution in [0.15, 0.2) is 41.6 Å². The number of rotatable bonds is 6. The first-order valence-corrected chi connectivity index (χ1v) is 9.74. The van der Waals surface area contributed by atoms with Gasteiger partial charge in [-0.3, -0.25) is 4.79 Å². The van der Waals surface area contributed by atoms with Crippen LogP contribution in [0, 0.1) is 6.92 Å². The zero-order valence-electron chi connectivity index (χ0n) is 14.3. The van der Waals surface area contributed by atoms with Gasteiger partial charge in [0.2, 0.25) is 5.95 Å². The summed E-state index contributed by atoms with van der Waals surface area (Å²) in [4.78, 5) is 20.0. The van der Waals surface area contributed by atoms with E-state index in [-0.39, 0.29) is 28.4 Å². The monoisotopic (exact) mass is 376 g/mol. The van der Waals surface area contributed by atoms with Gasteiger partial charge in [-0.1, -0.05) is 17.7 Å². The molecule has 9 heteroatoms. The molecule has 1 atom stereocenters. The van der Waals surface area contributed by atoms with E-state index in [2.05, 4.69) is 20.0 Å². The Balaban J connectivity index is 1.61. The highest BCUT2D eigenvalue weighted by Crippen LogP contribution is 2.14. The number of benzene rings is 1. The van der Waals surface area contributed by atoms with Crippen LogP contribution in [-0.4, -0.2) is 43.5 Å². The maximum atomic E-state index is 12.3. The van der Waals surface area contributed by atoms with Crippen LogP contribution < -0.4 is 10.0 Å². The molecule has 0 bridgehead atoms. The Kier molecular flexibility index (Phi) is 5.48. The lowest BCUT2D eigenvalue weighted by molar-refractivity contribution is 0.0857. The summed E-state index contributed by atoms with van der Waals surface area (Å²) < 4.78 is 32.3. The molecule has 1 aliphatic rings. The Morgan fingerprint density at radius 1 is 1.23 bits per heavy atom. The fourth-order valence-electron chi connectivity index (χ4n) is 2.51. The van der Waals surface area contributed by atoms with Gasteiger partial charge < -0.3 is 10.1 Å². The minimum absolute atomic E-state index is 0.0421. The molecule has 0 spiro atoms. The van der Waals surface area contributed by atoms with Crippen LogP contribution in [0.4, 0.5) is 5.95 Å². The van der Waals surface area contributed by atoms with Gasteiger partial charge in [0.25, 0.3) is 15.9 Å². The molecule has 0 saturated carbocycles. The van der Waals surface area contributed by atoms with Gasteiger partial charge in [-0.15, -0.1) is 0 Å². The summed E-state index contributed by atoms with van der Waals surface area (Å²) in [6, 6.07) is 6.42. The topological polar surface area (TPSA) is 110 Å². The van der Waals surface area contributed by atoms with Crippen molar-refractivity contribution < 1.29 is 17.9 Å². The van der Waals surface area contributed by atoms with Crippen molar-refractivity contribution in [3.8, 4) is 0 Å². The number of carbonyl (C=O) groups is 1. The van der Waals surface area contributed by atoms with Crippen LogP contribution in [0.3, 0.4) is 0 Å². The Hall–Kier alpha value is -2.52. The SMILES string of the molecule is Cc1ccc(S(=O)(=O)Nc2ncc(C(=O)NC[C@H]3CCCO3)cn2)cc1. The third-order valence-electron chi connectivity index (χ3n) is 3.99. The van der Waals surface area contributed by atoms with Gasteiger partial charge in [-0.25, -0.2) is 23.1 Å². The molecule has 1 aliphatic heterocycles. The molecule has 0 radical (unpaired) electrons. The number of anilines is 1. The number of ether oxygens (including phenoxy) is 1. The number of hydrogen-bond acceptors (Lipinski definition) is 6. The minimum Gasteiger partial charge on any atom is -0.376 e. The summed E-state index contributed by atoms with van der Waals surface area (Å²) in [6.45, 7) is 3.02. The van der Waals surface area contributed by atoms with Crippen LogP contribution in [0.2, 0.25) is 0 Å². The van der Waals surface area contributed by atoms with Crippen LogP contribution in [0.25, 0.3) is 0 Å². The summed E-state index contributed by atoms with van der Waals surface area (Å²) in [7, 11) is -3.78. The van der Waals surface area contributed by atoms with Gasteiger partial charge in [-0.05, 0) is 31.9 Å². The molecule has 0 unspecified atom stereocenters. The predicted molar refractivity (Wildman–Crippen MR) is 95.3 cm³/mol. The Morgan fingerprint density at radius 3 is 2.54 bits per heavy atom. The number of amides is 1. The van der Waals surface area contributed by atoms with E-state index in [1.807, 2.05) is 6.92 Å². The fraction of sp³-hybridized carbons (Fsp3) is 0.353. The molecule has 1 saturated heterocycles. The average molecular weight is 376 g/mol. The third kappa shape index (κ3) is 4.55. The lowest BCUT2D eigenvalue weighted by Crippen LogP contribution is -2.31. The largest absolute Gasteiger partial charge is 0.376 e. The first-order chi connectivity index (χ1) is 12.4. The van der Waals surface area contributed by atoms with Gasteiger partial charge in [0.05, 0.1) is 16.6 Å². The van der Waals surface area contributed by atoms with E-state index in [1.54, 1.807) is 12.1 Å². The number of hydrogen-bond donors (Lipinski definition) is 2. The molecule has 1 amide bonds. The van der Waals surface area contributed by atoms with E-state index in [0.29, 0.717) is 6.54 Å². The van der Waals surface area contributed by atoms with Crippen molar-refractivity contribution in [2.24, 2.45) is 0 Å². The Bertz CT molecular complexity index is 861. The lowest BCUT2D eigenvalue weighted by Gasteiger charge is -2.11. The predicted octanol–water partition coefficient (Wildman–Crippen LogP) is 1.49. The second kappa shape index (κ2) is 7.79. The molecule has 2 aromatic rings. The van der Waals surface area contributed by atoms with E-state index < -0.39 is 10.0 Å². The van der Waals surface area contributed by atoms with Crippen LogP contribution >= 0.6 is 0 Å². The van der Waals surface area contributed by atoms with Crippen molar-refractivity contribution >= 4 is 21.9 Å². The number of carbonyl (C=O) groups excluding carboxylic acids is 1. The molecule has 3 rings (SSSR count). The molecule has 26 heavy (non-hydrogen) atoms. The average Bonchev–Trinajstić information content (AvgIpc) is 3.14. The van der Waals surface area contributed by atoms with E-state index in [1.165, 1.54) is 24.5 Å². The smallest absolute Gasteiger partial charge is 0.264 e. The normalized spacial score (nSPS) is 17.0. The molecule has 8 nitrogen and oxygen atoms in total. The van der Waals surface area contributed by atoms with Crippen molar-refractivity contribution in [3.05, 3.63) is 47.8 Å². The Morgan fingerprint density at radius 2 is 1.92 bits per heavy atom.